The van der Waals surface area contributed by atoms with Crippen LogP contribution in [-0.2, 0) is 0 Å². The number of rotatable bonds is 2. The zero-order chi connectivity index (χ0) is 14.2. The highest BCUT2D eigenvalue weighted by molar-refractivity contribution is 6.30. The fraction of sp³-hybridized carbons (Fsp3) is 0.143. The minimum Gasteiger partial charge on any atom is -0.383 e. The highest BCUT2D eigenvalue weighted by Crippen LogP contribution is 2.29. The monoisotopic (exact) mass is 286 g/mol. The summed E-state index contributed by atoms with van der Waals surface area (Å²) < 4.78 is 40.0. The number of aliphatic hydroxyl groups excluding tert-OH is 1. The molecular formula is C14H10ClF3O. The van der Waals surface area contributed by atoms with Gasteiger partial charge in [0.2, 0.25) is 0 Å². The van der Waals surface area contributed by atoms with Crippen LogP contribution in [0.1, 0.15) is 22.8 Å². The molecule has 0 heterocycles. The fourth-order valence-corrected chi connectivity index (χ4v) is 2.20. The predicted molar refractivity (Wildman–Crippen MR) is 66.6 cm³/mol. The van der Waals surface area contributed by atoms with Crippen molar-refractivity contribution in [3.05, 3.63) is 69.5 Å². The summed E-state index contributed by atoms with van der Waals surface area (Å²) in [5.74, 6) is -3.31. The van der Waals surface area contributed by atoms with Gasteiger partial charge in [0.05, 0.1) is 5.56 Å². The van der Waals surface area contributed by atoms with Gasteiger partial charge in [0.15, 0.2) is 0 Å². The zero-order valence-corrected chi connectivity index (χ0v) is 10.7. The number of aryl methyl sites for hydroxylation is 1. The average molecular weight is 287 g/mol. The Kier molecular flexibility index (Phi) is 3.83. The zero-order valence-electron chi connectivity index (χ0n) is 9.92. The van der Waals surface area contributed by atoms with Crippen molar-refractivity contribution in [3.63, 3.8) is 0 Å². The molecular weight excluding hydrogens is 277 g/mol. The van der Waals surface area contributed by atoms with Crippen LogP contribution in [0.2, 0.25) is 5.02 Å². The molecule has 1 nitrogen and oxygen atoms in total. The van der Waals surface area contributed by atoms with Gasteiger partial charge in [-0.25, -0.2) is 13.2 Å². The van der Waals surface area contributed by atoms with Crippen molar-refractivity contribution in [2.75, 3.05) is 0 Å². The first-order chi connectivity index (χ1) is 8.88. The van der Waals surface area contributed by atoms with Crippen LogP contribution in [0.3, 0.4) is 0 Å². The van der Waals surface area contributed by atoms with Gasteiger partial charge < -0.3 is 5.11 Å². The van der Waals surface area contributed by atoms with Crippen LogP contribution in [-0.4, -0.2) is 5.11 Å². The molecule has 0 aliphatic carbocycles. The van der Waals surface area contributed by atoms with Gasteiger partial charge in [0, 0.05) is 17.2 Å². The number of aliphatic hydroxyl groups is 1. The minimum atomic E-state index is -1.54. The second-order valence-electron chi connectivity index (χ2n) is 4.25. The molecule has 0 amide bonds. The molecule has 0 radical (unpaired) electrons. The molecule has 0 spiro atoms. The van der Waals surface area contributed by atoms with Crippen LogP contribution in [0.25, 0.3) is 0 Å². The molecule has 19 heavy (non-hydrogen) atoms. The lowest BCUT2D eigenvalue weighted by molar-refractivity contribution is 0.208. The van der Waals surface area contributed by atoms with E-state index in [2.05, 4.69) is 0 Å². The van der Waals surface area contributed by atoms with Crippen molar-refractivity contribution < 1.29 is 18.3 Å². The molecule has 5 heteroatoms. The van der Waals surface area contributed by atoms with Crippen LogP contribution < -0.4 is 0 Å². The van der Waals surface area contributed by atoms with Crippen molar-refractivity contribution in [2.24, 2.45) is 0 Å². The van der Waals surface area contributed by atoms with Gasteiger partial charge in [0.1, 0.15) is 23.6 Å². The summed E-state index contributed by atoms with van der Waals surface area (Å²) in [4.78, 5) is 0. The van der Waals surface area contributed by atoms with Crippen LogP contribution >= 0.6 is 11.6 Å². The van der Waals surface area contributed by atoms with E-state index in [1.54, 1.807) is 19.1 Å². The van der Waals surface area contributed by atoms with Gasteiger partial charge in [-0.05, 0) is 30.2 Å². The molecule has 0 aliphatic rings. The van der Waals surface area contributed by atoms with Crippen LogP contribution in [0.5, 0.6) is 0 Å². The molecule has 2 aromatic rings. The maximum Gasteiger partial charge on any atom is 0.135 e. The van der Waals surface area contributed by atoms with E-state index in [9.17, 15) is 18.3 Å². The third-order valence-corrected chi connectivity index (χ3v) is 2.92. The van der Waals surface area contributed by atoms with Crippen molar-refractivity contribution in [1.82, 2.24) is 0 Å². The molecule has 1 atom stereocenters. The summed E-state index contributed by atoms with van der Waals surface area (Å²) in [6, 6.07) is 5.66. The molecule has 0 aromatic heterocycles. The number of benzene rings is 2. The maximum atomic E-state index is 13.6. The van der Waals surface area contributed by atoms with E-state index in [1.807, 2.05) is 0 Å². The summed E-state index contributed by atoms with van der Waals surface area (Å²) in [6.07, 6.45) is -1.54. The van der Waals surface area contributed by atoms with E-state index < -0.39 is 29.1 Å². The molecule has 1 unspecified atom stereocenters. The normalized spacial score (nSPS) is 12.5. The number of halogens is 4. The smallest absolute Gasteiger partial charge is 0.135 e. The van der Waals surface area contributed by atoms with E-state index in [1.165, 1.54) is 6.07 Å². The third kappa shape index (κ3) is 2.91. The summed E-state index contributed by atoms with van der Waals surface area (Å²) in [6.45, 7) is 1.74. The molecule has 0 aliphatic heterocycles. The van der Waals surface area contributed by atoms with Gasteiger partial charge in [-0.1, -0.05) is 17.7 Å². The standard InChI is InChI=1S/C14H10ClF3O/c1-7-2-8(4-9(15)3-7)14(19)13-11(17)5-10(16)6-12(13)18/h2-6,14,19H,1H3. The molecule has 0 fully saturated rings. The summed E-state index contributed by atoms with van der Waals surface area (Å²) in [5, 5.41) is 10.4. The second-order valence-corrected chi connectivity index (χ2v) is 4.68. The van der Waals surface area contributed by atoms with Crippen LogP contribution in [0, 0.1) is 24.4 Å². The summed E-state index contributed by atoms with van der Waals surface area (Å²) in [7, 11) is 0. The molecule has 0 saturated heterocycles. The number of hydrogen-bond donors (Lipinski definition) is 1. The van der Waals surface area contributed by atoms with E-state index in [0.29, 0.717) is 17.2 Å². The summed E-state index contributed by atoms with van der Waals surface area (Å²) >= 11 is 5.83. The third-order valence-electron chi connectivity index (χ3n) is 2.70. The molecule has 2 aromatic carbocycles. The van der Waals surface area contributed by atoms with E-state index in [0.717, 1.165) is 5.56 Å². The first-order valence-corrected chi connectivity index (χ1v) is 5.86. The van der Waals surface area contributed by atoms with E-state index >= 15 is 0 Å². The molecule has 0 bridgehead atoms. The first-order valence-electron chi connectivity index (χ1n) is 5.48. The van der Waals surface area contributed by atoms with Gasteiger partial charge in [0.25, 0.3) is 0 Å². The van der Waals surface area contributed by atoms with Crippen molar-refractivity contribution in [3.8, 4) is 0 Å². The molecule has 1 N–H and O–H groups in total. The Morgan fingerprint density at radius 1 is 1.00 bits per heavy atom. The Morgan fingerprint density at radius 2 is 1.58 bits per heavy atom. The maximum absolute atomic E-state index is 13.6. The van der Waals surface area contributed by atoms with Gasteiger partial charge in [-0.2, -0.15) is 0 Å². The Morgan fingerprint density at radius 3 is 2.11 bits per heavy atom. The van der Waals surface area contributed by atoms with Gasteiger partial charge in [-0.3, -0.25) is 0 Å². The second kappa shape index (κ2) is 5.23. The Balaban J connectivity index is 2.52. The van der Waals surface area contributed by atoms with E-state index in [4.69, 9.17) is 11.6 Å². The van der Waals surface area contributed by atoms with Crippen LogP contribution in [0.4, 0.5) is 13.2 Å². The van der Waals surface area contributed by atoms with Gasteiger partial charge in [-0.15, -0.1) is 0 Å². The van der Waals surface area contributed by atoms with E-state index in [-0.39, 0.29) is 5.56 Å². The Labute approximate surface area is 113 Å². The van der Waals surface area contributed by atoms with Crippen molar-refractivity contribution in [1.29, 1.82) is 0 Å². The Bertz CT molecular complexity index is 585. The minimum absolute atomic E-state index is 0.245. The molecule has 100 valence electrons. The fourth-order valence-electron chi connectivity index (χ4n) is 1.90. The molecule has 2 rings (SSSR count). The lowest BCUT2D eigenvalue weighted by Gasteiger charge is -2.14. The largest absolute Gasteiger partial charge is 0.383 e. The topological polar surface area (TPSA) is 20.2 Å². The number of hydrogen-bond acceptors (Lipinski definition) is 1. The lowest BCUT2D eigenvalue weighted by Crippen LogP contribution is -2.07. The predicted octanol–water partition coefficient (Wildman–Crippen LogP) is 4.15. The molecule has 0 saturated carbocycles. The first kappa shape index (κ1) is 13.9. The summed E-state index contributed by atoms with van der Waals surface area (Å²) in [5.41, 5.74) is 0.391. The SMILES string of the molecule is Cc1cc(Cl)cc(C(O)c2c(F)cc(F)cc2F)c1. The van der Waals surface area contributed by atoms with Crippen LogP contribution in [0.15, 0.2) is 30.3 Å². The van der Waals surface area contributed by atoms with Gasteiger partial charge >= 0.3 is 0 Å². The Hall–Kier alpha value is -1.52. The quantitative estimate of drug-likeness (QED) is 0.879. The highest BCUT2D eigenvalue weighted by Gasteiger charge is 2.21. The van der Waals surface area contributed by atoms with Crippen molar-refractivity contribution >= 4 is 11.6 Å². The average Bonchev–Trinajstić information content (AvgIpc) is 2.25. The highest BCUT2D eigenvalue weighted by atomic mass is 35.5. The van der Waals surface area contributed by atoms with Crippen molar-refractivity contribution in [2.45, 2.75) is 13.0 Å². The lowest BCUT2D eigenvalue weighted by atomic mass is 9.99.